The second-order valence-electron chi connectivity index (χ2n) is 3.90. The summed E-state index contributed by atoms with van der Waals surface area (Å²) in [6, 6.07) is 0.923. The Kier molecular flexibility index (Phi) is 4.71. The van der Waals surface area contributed by atoms with Crippen molar-refractivity contribution in [1.29, 1.82) is 0 Å². The molecule has 0 amide bonds. The molecule has 0 aliphatic rings. The van der Waals surface area contributed by atoms with Gasteiger partial charge in [0.05, 0.1) is 6.42 Å². The van der Waals surface area contributed by atoms with Crippen LogP contribution in [-0.2, 0) is 16.0 Å². The van der Waals surface area contributed by atoms with E-state index in [9.17, 15) is 9.59 Å². The highest BCUT2D eigenvalue weighted by molar-refractivity contribution is 5.80. The van der Waals surface area contributed by atoms with Gasteiger partial charge in [-0.15, -0.1) is 0 Å². The maximum Gasteiger partial charge on any atom is 0.321 e. The van der Waals surface area contributed by atoms with E-state index >= 15 is 0 Å². The Morgan fingerprint density at radius 3 is 2.65 bits per heavy atom. The van der Waals surface area contributed by atoms with Crippen molar-refractivity contribution >= 4 is 11.9 Å². The van der Waals surface area contributed by atoms with E-state index in [1.807, 2.05) is 12.3 Å². The molecule has 1 aromatic heterocycles. The van der Waals surface area contributed by atoms with E-state index in [1.54, 1.807) is 18.1 Å². The van der Waals surface area contributed by atoms with Crippen LogP contribution in [0.4, 0.5) is 0 Å². The number of aromatic nitrogens is 1. The van der Waals surface area contributed by atoms with E-state index in [0.29, 0.717) is 13.0 Å². The van der Waals surface area contributed by atoms with Crippen LogP contribution in [0.3, 0.4) is 0 Å². The molecule has 3 N–H and O–H groups in total. The molecular formula is C11H16N2O4. The van der Waals surface area contributed by atoms with Crippen LogP contribution in [0.15, 0.2) is 18.5 Å². The van der Waals surface area contributed by atoms with Crippen LogP contribution in [0.2, 0.25) is 0 Å². The van der Waals surface area contributed by atoms with Gasteiger partial charge in [-0.2, -0.15) is 0 Å². The average Bonchev–Trinajstić information content (AvgIpc) is 2.74. The van der Waals surface area contributed by atoms with Gasteiger partial charge in [0.15, 0.2) is 0 Å². The Labute approximate surface area is 98.9 Å². The summed E-state index contributed by atoms with van der Waals surface area (Å²) in [4.78, 5) is 25.9. The van der Waals surface area contributed by atoms with Gasteiger partial charge in [0.1, 0.15) is 6.04 Å². The van der Waals surface area contributed by atoms with E-state index in [4.69, 9.17) is 10.2 Å². The van der Waals surface area contributed by atoms with Gasteiger partial charge in [0.25, 0.3) is 0 Å². The molecule has 0 aromatic carbocycles. The highest BCUT2D eigenvalue weighted by Gasteiger charge is 2.25. The summed E-state index contributed by atoms with van der Waals surface area (Å²) in [6.45, 7) is 0.502. The third-order valence-electron chi connectivity index (χ3n) is 2.60. The minimum Gasteiger partial charge on any atom is -0.481 e. The number of likely N-dealkylation sites (N-methyl/N-ethyl adjacent to an activating group) is 1. The minimum atomic E-state index is -1.11. The van der Waals surface area contributed by atoms with Gasteiger partial charge in [0.2, 0.25) is 0 Å². The Bertz CT molecular complexity index is 375. The molecule has 0 spiro atoms. The molecule has 0 fully saturated rings. The molecule has 1 unspecified atom stereocenters. The van der Waals surface area contributed by atoms with Crippen LogP contribution in [0, 0.1) is 0 Å². The molecule has 1 heterocycles. The highest BCUT2D eigenvalue weighted by atomic mass is 16.4. The van der Waals surface area contributed by atoms with E-state index in [1.165, 1.54) is 0 Å². The number of carboxylic acids is 2. The van der Waals surface area contributed by atoms with Crippen LogP contribution in [0.1, 0.15) is 12.0 Å². The molecule has 0 saturated carbocycles. The molecule has 0 saturated heterocycles. The van der Waals surface area contributed by atoms with E-state index < -0.39 is 18.0 Å². The van der Waals surface area contributed by atoms with Crippen LogP contribution in [-0.4, -0.2) is 51.7 Å². The lowest BCUT2D eigenvalue weighted by Gasteiger charge is -2.22. The lowest BCUT2D eigenvalue weighted by molar-refractivity contribution is -0.149. The van der Waals surface area contributed by atoms with Crippen molar-refractivity contribution in [3.8, 4) is 0 Å². The van der Waals surface area contributed by atoms with E-state index in [2.05, 4.69) is 4.98 Å². The molecule has 0 aliphatic carbocycles. The molecule has 0 aliphatic heterocycles. The number of nitrogens with zero attached hydrogens (tertiary/aromatic N) is 1. The predicted molar refractivity (Wildman–Crippen MR) is 60.8 cm³/mol. The van der Waals surface area contributed by atoms with E-state index in [0.717, 1.165) is 5.56 Å². The van der Waals surface area contributed by atoms with Gasteiger partial charge < -0.3 is 15.2 Å². The first-order valence-corrected chi connectivity index (χ1v) is 5.27. The number of rotatable bonds is 7. The largest absolute Gasteiger partial charge is 0.481 e. The topological polar surface area (TPSA) is 93.6 Å². The number of carbonyl (C=O) groups is 2. The van der Waals surface area contributed by atoms with Gasteiger partial charge in [-0.05, 0) is 25.1 Å². The smallest absolute Gasteiger partial charge is 0.321 e. The summed E-state index contributed by atoms with van der Waals surface area (Å²) in [5, 5.41) is 17.6. The normalized spacial score (nSPS) is 12.6. The third-order valence-corrected chi connectivity index (χ3v) is 2.60. The maximum absolute atomic E-state index is 10.9. The number of H-pyrrole nitrogens is 1. The molecular weight excluding hydrogens is 224 g/mol. The highest BCUT2D eigenvalue weighted by Crippen LogP contribution is 2.06. The van der Waals surface area contributed by atoms with Crippen molar-refractivity contribution in [3.05, 3.63) is 24.0 Å². The summed E-state index contributed by atoms with van der Waals surface area (Å²) in [5.41, 5.74) is 1.07. The summed E-state index contributed by atoms with van der Waals surface area (Å²) in [5.74, 6) is -2.21. The Morgan fingerprint density at radius 1 is 1.47 bits per heavy atom. The van der Waals surface area contributed by atoms with Gasteiger partial charge in [-0.25, -0.2) is 0 Å². The first kappa shape index (κ1) is 13.2. The summed E-state index contributed by atoms with van der Waals surface area (Å²) in [6.07, 6.45) is 3.92. The van der Waals surface area contributed by atoms with Crippen molar-refractivity contribution in [3.63, 3.8) is 0 Å². The number of nitrogens with one attached hydrogen (secondary N) is 1. The van der Waals surface area contributed by atoms with E-state index in [-0.39, 0.29) is 6.42 Å². The zero-order valence-corrected chi connectivity index (χ0v) is 9.59. The maximum atomic E-state index is 10.9. The SMILES string of the molecule is CN(CCc1cc[nH]c1)C(CC(=O)O)C(=O)O. The molecule has 94 valence electrons. The monoisotopic (exact) mass is 240 g/mol. The Balaban J connectivity index is 2.50. The predicted octanol–water partition coefficient (Wildman–Crippen LogP) is 0.417. The molecule has 6 nitrogen and oxygen atoms in total. The number of hydrogen-bond acceptors (Lipinski definition) is 3. The Hall–Kier alpha value is -1.82. The Morgan fingerprint density at radius 2 is 2.18 bits per heavy atom. The fourth-order valence-electron chi connectivity index (χ4n) is 1.57. The molecule has 1 atom stereocenters. The average molecular weight is 240 g/mol. The number of carboxylic acid groups (broad SMARTS) is 2. The van der Waals surface area contributed by atoms with Crippen molar-refractivity contribution in [2.24, 2.45) is 0 Å². The minimum absolute atomic E-state index is 0.390. The van der Waals surface area contributed by atoms with Crippen molar-refractivity contribution in [2.45, 2.75) is 18.9 Å². The molecule has 0 bridgehead atoms. The molecule has 0 radical (unpaired) electrons. The second-order valence-corrected chi connectivity index (χ2v) is 3.90. The lowest BCUT2D eigenvalue weighted by Crippen LogP contribution is -2.41. The van der Waals surface area contributed by atoms with Crippen LogP contribution in [0.5, 0.6) is 0 Å². The fraction of sp³-hybridized carbons (Fsp3) is 0.455. The second kappa shape index (κ2) is 6.05. The first-order valence-electron chi connectivity index (χ1n) is 5.27. The molecule has 6 heteroatoms. The zero-order chi connectivity index (χ0) is 12.8. The number of hydrogen-bond donors (Lipinski definition) is 3. The lowest BCUT2D eigenvalue weighted by atomic mass is 10.1. The number of aliphatic carboxylic acids is 2. The summed E-state index contributed by atoms with van der Waals surface area (Å²) < 4.78 is 0. The van der Waals surface area contributed by atoms with Crippen molar-refractivity contribution in [1.82, 2.24) is 9.88 Å². The third kappa shape index (κ3) is 4.28. The van der Waals surface area contributed by atoms with Crippen LogP contribution < -0.4 is 0 Å². The standard InChI is InChI=1S/C11H16N2O4/c1-13(5-3-8-2-4-12-7-8)9(11(16)17)6-10(14)15/h2,4,7,9,12H,3,5-6H2,1H3,(H,14,15)(H,16,17). The first-order chi connectivity index (χ1) is 8.00. The van der Waals surface area contributed by atoms with Gasteiger partial charge in [-0.1, -0.05) is 0 Å². The summed E-state index contributed by atoms with van der Waals surface area (Å²) >= 11 is 0. The van der Waals surface area contributed by atoms with Crippen molar-refractivity contribution in [2.75, 3.05) is 13.6 Å². The fourth-order valence-corrected chi connectivity index (χ4v) is 1.57. The molecule has 17 heavy (non-hydrogen) atoms. The van der Waals surface area contributed by atoms with Gasteiger partial charge in [-0.3, -0.25) is 14.5 Å². The summed E-state index contributed by atoms with van der Waals surface area (Å²) in [7, 11) is 1.62. The molecule has 1 rings (SSSR count). The van der Waals surface area contributed by atoms with Crippen molar-refractivity contribution < 1.29 is 19.8 Å². The molecule has 1 aromatic rings. The van der Waals surface area contributed by atoms with Crippen LogP contribution in [0.25, 0.3) is 0 Å². The van der Waals surface area contributed by atoms with Gasteiger partial charge in [0, 0.05) is 18.9 Å². The number of aromatic amines is 1. The van der Waals surface area contributed by atoms with Gasteiger partial charge >= 0.3 is 11.9 Å². The van der Waals surface area contributed by atoms with Crippen LogP contribution >= 0.6 is 0 Å². The quantitative estimate of drug-likeness (QED) is 0.642. The zero-order valence-electron chi connectivity index (χ0n) is 9.59.